The lowest BCUT2D eigenvalue weighted by Gasteiger charge is -2.41. The minimum Gasteiger partial charge on any atom is -0.351 e. The van der Waals surface area contributed by atoms with Gasteiger partial charge in [-0.05, 0) is 47.1 Å². The third-order valence-corrected chi connectivity index (χ3v) is 3.88. The van der Waals surface area contributed by atoms with E-state index in [0.29, 0.717) is 6.42 Å². The molecule has 2 saturated heterocycles. The number of hydrogen-bond acceptors (Lipinski definition) is 3. The summed E-state index contributed by atoms with van der Waals surface area (Å²) in [4.78, 5) is 26.2. The molecule has 3 atom stereocenters. The standard InChI is InChI=1S/C14H25N3O2/c1-9-11(8-12(18)16-14(2,3)4)17-7-5-6-10(17)13(19)15-9/h9-11H,5-8H2,1-4H3,(H,15,19)(H,16,18)/t9-,10+,11?/m1/s1. The number of carbonyl (C=O) groups excluding carboxylic acids is 2. The summed E-state index contributed by atoms with van der Waals surface area (Å²) >= 11 is 0. The minimum absolute atomic E-state index is 0.0244. The number of nitrogens with zero attached hydrogens (tertiary/aromatic N) is 1. The summed E-state index contributed by atoms with van der Waals surface area (Å²) in [5.41, 5.74) is -0.206. The number of nitrogens with one attached hydrogen (secondary N) is 2. The summed E-state index contributed by atoms with van der Waals surface area (Å²) < 4.78 is 0. The third kappa shape index (κ3) is 3.26. The number of carbonyl (C=O) groups is 2. The van der Waals surface area contributed by atoms with E-state index in [9.17, 15) is 9.59 Å². The molecule has 0 radical (unpaired) electrons. The Balaban J connectivity index is 2.02. The average Bonchev–Trinajstić information content (AvgIpc) is 2.70. The first-order chi connectivity index (χ1) is 8.78. The van der Waals surface area contributed by atoms with E-state index in [1.54, 1.807) is 0 Å². The Morgan fingerprint density at radius 3 is 2.79 bits per heavy atom. The van der Waals surface area contributed by atoms with Crippen LogP contribution >= 0.6 is 0 Å². The van der Waals surface area contributed by atoms with Crippen molar-refractivity contribution in [1.82, 2.24) is 15.5 Å². The monoisotopic (exact) mass is 267 g/mol. The van der Waals surface area contributed by atoms with Crippen molar-refractivity contribution in [2.45, 2.75) is 70.6 Å². The van der Waals surface area contributed by atoms with E-state index in [0.717, 1.165) is 19.4 Å². The molecule has 2 N–H and O–H groups in total. The SMILES string of the molecule is C[C@H]1NC(=O)[C@@H]2CCCN2C1CC(=O)NC(C)(C)C. The first-order valence-corrected chi connectivity index (χ1v) is 7.15. The number of rotatable bonds is 2. The largest absolute Gasteiger partial charge is 0.351 e. The number of amides is 2. The maximum Gasteiger partial charge on any atom is 0.237 e. The minimum atomic E-state index is -0.206. The molecular formula is C14H25N3O2. The third-order valence-electron chi connectivity index (χ3n) is 3.88. The van der Waals surface area contributed by atoms with Gasteiger partial charge in [-0.25, -0.2) is 0 Å². The predicted octanol–water partition coefficient (Wildman–Crippen LogP) is 0.643. The Kier molecular flexibility index (Phi) is 3.85. The van der Waals surface area contributed by atoms with Gasteiger partial charge in [-0.3, -0.25) is 14.5 Å². The van der Waals surface area contributed by atoms with Crippen molar-refractivity contribution in [2.75, 3.05) is 6.54 Å². The highest BCUT2D eigenvalue weighted by molar-refractivity contribution is 5.84. The van der Waals surface area contributed by atoms with Crippen LogP contribution in [0.2, 0.25) is 0 Å². The summed E-state index contributed by atoms with van der Waals surface area (Å²) in [5, 5.41) is 6.01. The first-order valence-electron chi connectivity index (χ1n) is 7.15. The van der Waals surface area contributed by atoms with Crippen LogP contribution in [-0.4, -0.2) is 46.9 Å². The molecule has 108 valence electrons. The number of hydrogen-bond donors (Lipinski definition) is 2. The molecule has 0 aliphatic carbocycles. The Labute approximate surface area is 115 Å². The van der Waals surface area contributed by atoms with Crippen LogP contribution < -0.4 is 10.6 Å². The van der Waals surface area contributed by atoms with Crippen LogP contribution in [0.5, 0.6) is 0 Å². The van der Waals surface area contributed by atoms with Crippen molar-refractivity contribution >= 4 is 11.8 Å². The summed E-state index contributed by atoms with van der Waals surface area (Å²) in [6.07, 6.45) is 2.41. The van der Waals surface area contributed by atoms with Gasteiger partial charge in [0.15, 0.2) is 0 Å². The predicted molar refractivity (Wildman–Crippen MR) is 73.6 cm³/mol. The normalized spacial score (nSPS) is 31.8. The lowest BCUT2D eigenvalue weighted by molar-refractivity contribution is -0.134. The fourth-order valence-corrected chi connectivity index (χ4v) is 3.12. The van der Waals surface area contributed by atoms with Crippen LogP contribution in [-0.2, 0) is 9.59 Å². The second-order valence-electron chi connectivity index (χ2n) is 6.76. The molecule has 5 heteroatoms. The van der Waals surface area contributed by atoms with Gasteiger partial charge in [0.1, 0.15) is 0 Å². The molecule has 0 spiro atoms. The Hall–Kier alpha value is -1.10. The van der Waals surface area contributed by atoms with Gasteiger partial charge in [0.2, 0.25) is 11.8 Å². The number of fused-ring (bicyclic) bond motifs is 1. The van der Waals surface area contributed by atoms with E-state index in [1.807, 2.05) is 27.7 Å². The Morgan fingerprint density at radius 1 is 1.47 bits per heavy atom. The van der Waals surface area contributed by atoms with Crippen LogP contribution in [0, 0.1) is 0 Å². The Morgan fingerprint density at radius 2 is 2.16 bits per heavy atom. The maximum atomic E-state index is 12.1. The zero-order valence-electron chi connectivity index (χ0n) is 12.3. The molecule has 19 heavy (non-hydrogen) atoms. The van der Waals surface area contributed by atoms with E-state index >= 15 is 0 Å². The van der Waals surface area contributed by atoms with Crippen LogP contribution in [0.15, 0.2) is 0 Å². The van der Waals surface area contributed by atoms with Crippen molar-refractivity contribution in [1.29, 1.82) is 0 Å². The molecule has 2 rings (SSSR count). The van der Waals surface area contributed by atoms with Crippen LogP contribution in [0.4, 0.5) is 0 Å². The van der Waals surface area contributed by atoms with E-state index in [4.69, 9.17) is 0 Å². The summed E-state index contributed by atoms with van der Waals surface area (Å²) in [7, 11) is 0. The number of piperazine rings is 1. The molecule has 0 saturated carbocycles. The molecule has 0 aromatic rings. The molecule has 2 amide bonds. The van der Waals surface area contributed by atoms with Crippen molar-refractivity contribution in [3.63, 3.8) is 0 Å². The molecule has 0 aromatic carbocycles. The lowest BCUT2D eigenvalue weighted by Crippen LogP contribution is -2.63. The van der Waals surface area contributed by atoms with Crippen LogP contribution in [0.25, 0.3) is 0 Å². The molecule has 2 fully saturated rings. The quantitative estimate of drug-likeness (QED) is 0.772. The van der Waals surface area contributed by atoms with Gasteiger partial charge in [0.25, 0.3) is 0 Å². The van der Waals surface area contributed by atoms with Gasteiger partial charge in [0.05, 0.1) is 6.04 Å². The molecule has 1 unspecified atom stereocenters. The van der Waals surface area contributed by atoms with Crippen LogP contribution in [0.3, 0.4) is 0 Å². The first kappa shape index (κ1) is 14.3. The molecule has 2 heterocycles. The van der Waals surface area contributed by atoms with Crippen molar-refractivity contribution in [2.24, 2.45) is 0 Å². The van der Waals surface area contributed by atoms with Gasteiger partial charge in [-0.15, -0.1) is 0 Å². The molecule has 0 bridgehead atoms. The average molecular weight is 267 g/mol. The van der Waals surface area contributed by atoms with Gasteiger partial charge in [-0.1, -0.05) is 0 Å². The molecule has 2 aliphatic heterocycles. The van der Waals surface area contributed by atoms with Crippen molar-refractivity contribution in [3.8, 4) is 0 Å². The Bertz CT molecular complexity index is 375. The van der Waals surface area contributed by atoms with Crippen LogP contribution in [0.1, 0.15) is 47.0 Å². The van der Waals surface area contributed by atoms with E-state index in [1.165, 1.54) is 0 Å². The summed E-state index contributed by atoms with van der Waals surface area (Å²) in [5.74, 6) is 0.184. The molecule has 5 nitrogen and oxygen atoms in total. The molecular weight excluding hydrogens is 242 g/mol. The fraction of sp³-hybridized carbons (Fsp3) is 0.857. The van der Waals surface area contributed by atoms with Gasteiger partial charge < -0.3 is 10.6 Å². The topological polar surface area (TPSA) is 61.4 Å². The highest BCUT2D eigenvalue weighted by atomic mass is 16.2. The zero-order chi connectivity index (χ0) is 14.2. The zero-order valence-corrected chi connectivity index (χ0v) is 12.3. The van der Waals surface area contributed by atoms with Crippen molar-refractivity contribution < 1.29 is 9.59 Å². The summed E-state index contributed by atoms with van der Waals surface area (Å²) in [6.45, 7) is 8.86. The van der Waals surface area contributed by atoms with E-state index in [2.05, 4.69) is 15.5 Å². The van der Waals surface area contributed by atoms with E-state index < -0.39 is 0 Å². The van der Waals surface area contributed by atoms with Gasteiger partial charge in [-0.2, -0.15) is 0 Å². The van der Waals surface area contributed by atoms with Gasteiger partial charge >= 0.3 is 0 Å². The molecule has 0 aromatic heterocycles. The van der Waals surface area contributed by atoms with E-state index in [-0.39, 0.29) is 35.5 Å². The van der Waals surface area contributed by atoms with Crippen molar-refractivity contribution in [3.05, 3.63) is 0 Å². The highest BCUT2D eigenvalue weighted by Crippen LogP contribution is 2.27. The maximum absolute atomic E-state index is 12.1. The lowest BCUT2D eigenvalue weighted by atomic mass is 9.97. The second-order valence-corrected chi connectivity index (χ2v) is 6.76. The highest BCUT2D eigenvalue weighted by Gasteiger charge is 2.43. The summed E-state index contributed by atoms with van der Waals surface area (Å²) in [6, 6.07) is 0.128. The fourth-order valence-electron chi connectivity index (χ4n) is 3.12. The van der Waals surface area contributed by atoms with Gasteiger partial charge in [0, 0.05) is 24.0 Å². The molecule has 2 aliphatic rings. The second kappa shape index (κ2) is 5.12. The smallest absolute Gasteiger partial charge is 0.237 e.